The molecule has 130 valence electrons. The van der Waals surface area contributed by atoms with Crippen LogP contribution in [-0.4, -0.2) is 87.8 Å². The molecular formula is C17H37N5. The van der Waals surface area contributed by atoms with Gasteiger partial charge in [-0.3, -0.25) is 0 Å². The van der Waals surface area contributed by atoms with E-state index in [0.29, 0.717) is 0 Å². The number of hydrogen-bond acceptors (Lipinski definition) is 5. The van der Waals surface area contributed by atoms with Gasteiger partial charge in [-0.05, 0) is 65.3 Å². The summed E-state index contributed by atoms with van der Waals surface area (Å²) >= 11 is 0. The maximum atomic E-state index is 3.56. The fraction of sp³-hybridized carbons (Fsp3) is 1.00. The van der Waals surface area contributed by atoms with Gasteiger partial charge in [-0.25, -0.2) is 0 Å². The lowest BCUT2D eigenvalue weighted by Crippen LogP contribution is -2.44. The minimum atomic E-state index is 0.817. The molecule has 1 unspecified atom stereocenters. The van der Waals surface area contributed by atoms with E-state index in [2.05, 4.69) is 32.7 Å². The first kappa shape index (κ1) is 18.1. The molecule has 2 saturated heterocycles. The first-order chi connectivity index (χ1) is 10.9. The van der Waals surface area contributed by atoms with Crippen LogP contribution >= 0.6 is 0 Å². The lowest BCUT2D eigenvalue weighted by Gasteiger charge is -2.27. The van der Waals surface area contributed by atoms with Gasteiger partial charge in [0.05, 0.1) is 0 Å². The predicted molar refractivity (Wildman–Crippen MR) is 94.6 cm³/mol. The van der Waals surface area contributed by atoms with Crippen molar-refractivity contribution in [2.24, 2.45) is 0 Å². The Morgan fingerprint density at radius 3 is 2.23 bits per heavy atom. The van der Waals surface area contributed by atoms with Crippen molar-refractivity contribution in [2.75, 3.05) is 72.0 Å². The van der Waals surface area contributed by atoms with Crippen LogP contribution in [0.25, 0.3) is 0 Å². The highest BCUT2D eigenvalue weighted by Gasteiger charge is 2.18. The second-order valence-corrected chi connectivity index (χ2v) is 6.83. The molecule has 5 heteroatoms. The molecule has 0 radical (unpaired) electrons. The topological polar surface area (TPSA) is 42.6 Å². The molecule has 22 heavy (non-hydrogen) atoms. The number of nitrogens with one attached hydrogen (secondary N) is 3. The van der Waals surface area contributed by atoms with Crippen molar-refractivity contribution < 1.29 is 0 Å². The van der Waals surface area contributed by atoms with Gasteiger partial charge in [0, 0.05) is 45.3 Å². The normalized spacial score (nSPS) is 24.1. The van der Waals surface area contributed by atoms with E-state index >= 15 is 0 Å². The van der Waals surface area contributed by atoms with Gasteiger partial charge in [-0.2, -0.15) is 0 Å². The fourth-order valence-electron chi connectivity index (χ4n) is 3.52. The summed E-state index contributed by atoms with van der Waals surface area (Å²) in [6.07, 6.45) is 5.35. The number of piperazine rings is 1. The maximum Gasteiger partial charge on any atom is 0.0107 e. The van der Waals surface area contributed by atoms with Gasteiger partial charge < -0.3 is 25.8 Å². The Labute approximate surface area is 137 Å². The summed E-state index contributed by atoms with van der Waals surface area (Å²) < 4.78 is 0. The zero-order chi connectivity index (χ0) is 15.5. The van der Waals surface area contributed by atoms with E-state index in [4.69, 9.17) is 0 Å². The van der Waals surface area contributed by atoms with E-state index in [1.54, 1.807) is 0 Å². The summed E-state index contributed by atoms with van der Waals surface area (Å²) in [5.74, 6) is 0. The van der Waals surface area contributed by atoms with Crippen molar-refractivity contribution in [2.45, 2.75) is 38.6 Å². The third kappa shape index (κ3) is 7.38. The predicted octanol–water partition coefficient (Wildman–Crippen LogP) is 0.335. The van der Waals surface area contributed by atoms with E-state index in [1.807, 2.05) is 0 Å². The zero-order valence-electron chi connectivity index (χ0n) is 14.6. The highest BCUT2D eigenvalue weighted by molar-refractivity contribution is 4.75. The standard InChI is InChI=1S/C17H37N5/c1-17-5-2-13-22(17)14-4-7-19-9-8-18-6-3-12-21-15-10-20-11-16-21/h17-20H,2-16H2,1H3. The van der Waals surface area contributed by atoms with Gasteiger partial charge >= 0.3 is 0 Å². The molecule has 0 saturated carbocycles. The highest BCUT2D eigenvalue weighted by Crippen LogP contribution is 2.15. The van der Waals surface area contributed by atoms with Crippen LogP contribution in [0, 0.1) is 0 Å². The molecule has 2 rings (SSSR count). The van der Waals surface area contributed by atoms with Crippen LogP contribution < -0.4 is 16.0 Å². The summed E-state index contributed by atoms with van der Waals surface area (Å²) in [6.45, 7) is 15.5. The first-order valence-electron chi connectivity index (χ1n) is 9.45. The number of likely N-dealkylation sites (tertiary alicyclic amines) is 1. The van der Waals surface area contributed by atoms with Crippen LogP contribution in [0.2, 0.25) is 0 Å². The van der Waals surface area contributed by atoms with Crippen LogP contribution in [0.5, 0.6) is 0 Å². The largest absolute Gasteiger partial charge is 0.315 e. The molecule has 2 aliphatic heterocycles. The maximum absolute atomic E-state index is 3.56. The molecule has 2 heterocycles. The average molecular weight is 312 g/mol. The van der Waals surface area contributed by atoms with E-state index in [9.17, 15) is 0 Å². The Balaban J connectivity index is 1.30. The van der Waals surface area contributed by atoms with Gasteiger partial charge in [-0.15, -0.1) is 0 Å². The Kier molecular flexibility index (Phi) is 9.36. The summed E-state index contributed by atoms with van der Waals surface area (Å²) in [5, 5.41) is 10.5. The third-order valence-electron chi connectivity index (χ3n) is 5.01. The van der Waals surface area contributed by atoms with Gasteiger partial charge in [-0.1, -0.05) is 0 Å². The SMILES string of the molecule is CC1CCCN1CCCNCCNCCCN1CCNCC1. The van der Waals surface area contributed by atoms with Gasteiger partial charge in [0.25, 0.3) is 0 Å². The summed E-state index contributed by atoms with van der Waals surface area (Å²) in [5.41, 5.74) is 0. The first-order valence-corrected chi connectivity index (χ1v) is 9.45. The van der Waals surface area contributed by atoms with Crippen LogP contribution in [0.3, 0.4) is 0 Å². The van der Waals surface area contributed by atoms with Crippen LogP contribution in [0.4, 0.5) is 0 Å². The molecule has 3 N–H and O–H groups in total. The molecule has 1 atom stereocenters. The number of nitrogens with zero attached hydrogens (tertiary/aromatic N) is 2. The molecule has 5 nitrogen and oxygen atoms in total. The van der Waals surface area contributed by atoms with Crippen LogP contribution in [-0.2, 0) is 0 Å². The highest BCUT2D eigenvalue weighted by atomic mass is 15.2. The van der Waals surface area contributed by atoms with Gasteiger partial charge in [0.15, 0.2) is 0 Å². The second-order valence-electron chi connectivity index (χ2n) is 6.83. The van der Waals surface area contributed by atoms with Crippen LogP contribution in [0.1, 0.15) is 32.6 Å². The van der Waals surface area contributed by atoms with Gasteiger partial charge in [0.2, 0.25) is 0 Å². The second kappa shape index (κ2) is 11.4. The fourth-order valence-corrected chi connectivity index (χ4v) is 3.52. The molecule has 0 aromatic carbocycles. The number of hydrogen-bond donors (Lipinski definition) is 3. The summed E-state index contributed by atoms with van der Waals surface area (Å²) in [4.78, 5) is 5.20. The molecular weight excluding hydrogens is 274 g/mol. The lowest BCUT2D eigenvalue weighted by molar-refractivity contribution is 0.237. The molecule has 2 fully saturated rings. The minimum absolute atomic E-state index is 0.817. The quantitative estimate of drug-likeness (QED) is 0.480. The van der Waals surface area contributed by atoms with Crippen molar-refractivity contribution in [3.63, 3.8) is 0 Å². The Bertz CT molecular complexity index is 268. The van der Waals surface area contributed by atoms with Gasteiger partial charge in [0.1, 0.15) is 0 Å². The molecule has 0 bridgehead atoms. The monoisotopic (exact) mass is 311 g/mol. The molecule has 0 aromatic rings. The molecule has 0 aromatic heterocycles. The van der Waals surface area contributed by atoms with E-state index in [1.165, 1.54) is 58.4 Å². The zero-order valence-corrected chi connectivity index (χ0v) is 14.6. The van der Waals surface area contributed by atoms with E-state index < -0.39 is 0 Å². The molecule has 0 spiro atoms. The van der Waals surface area contributed by atoms with E-state index in [-0.39, 0.29) is 0 Å². The Hall–Kier alpha value is -0.200. The minimum Gasteiger partial charge on any atom is -0.315 e. The molecule has 0 amide bonds. The third-order valence-corrected chi connectivity index (χ3v) is 5.01. The van der Waals surface area contributed by atoms with Crippen molar-refractivity contribution in [3.05, 3.63) is 0 Å². The van der Waals surface area contributed by atoms with E-state index in [0.717, 1.165) is 45.3 Å². The Morgan fingerprint density at radius 2 is 1.59 bits per heavy atom. The summed E-state index contributed by atoms with van der Waals surface area (Å²) in [7, 11) is 0. The van der Waals surface area contributed by atoms with Crippen LogP contribution in [0.15, 0.2) is 0 Å². The number of rotatable bonds is 11. The van der Waals surface area contributed by atoms with Crippen molar-refractivity contribution in [1.29, 1.82) is 0 Å². The lowest BCUT2D eigenvalue weighted by atomic mass is 10.2. The summed E-state index contributed by atoms with van der Waals surface area (Å²) in [6, 6.07) is 0.817. The molecule has 2 aliphatic rings. The molecule has 0 aliphatic carbocycles. The smallest absolute Gasteiger partial charge is 0.0107 e. The van der Waals surface area contributed by atoms with Crippen molar-refractivity contribution in [3.8, 4) is 0 Å². The van der Waals surface area contributed by atoms with Crippen molar-refractivity contribution >= 4 is 0 Å². The van der Waals surface area contributed by atoms with Crippen molar-refractivity contribution in [1.82, 2.24) is 25.8 Å². The average Bonchev–Trinajstić information content (AvgIpc) is 2.95. The Morgan fingerprint density at radius 1 is 0.909 bits per heavy atom.